The molecule has 212 valence electrons. The van der Waals surface area contributed by atoms with E-state index in [4.69, 9.17) is 4.74 Å². The predicted molar refractivity (Wildman–Crippen MR) is 163 cm³/mol. The van der Waals surface area contributed by atoms with Gasteiger partial charge in [0.2, 0.25) is 0 Å². The minimum absolute atomic E-state index is 0.330. The van der Waals surface area contributed by atoms with E-state index in [1.807, 2.05) is 49.6 Å². The molecule has 0 aliphatic carbocycles. The Bertz CT molecular complexity index is 1280. The van der Waals surface area contributed by atoms with Crippen molar-refractivity contribution >= 4 is 23.6 Å². The fourth-order valence-corrected chi connectivity index (χ4v) is 6.16. The van der Waals surface area contributed by atoms with Gasteiger partial charge in [-0.1, -0.05) is 60.7 Å². The number of thioether (sulfide) groups is 1. The molecule has 0 spiro atoms. The van der Waals surface area contributed by atoms with Crippen LogP contribution in [0.1, 0.15) is 39.9 Å². The van der Waals surface area contributed by atoms with Crippen LogP contribution in [-0.2, 0) is 22.5 Å². The zero-order chi connectivity index (χ0) is 28.5. The van der Waals surface area contributed by atoms with Crippen molar-refractivity contribution < 1.29 is 19.4 Å². The molecule has 7 heteroatoms. The summed E-state index contributed by atoms with van der Waals surface area (Å²) in [6, 6.07) is 24.0. The van der Waals surface area contributed by atoms with Crippen LogP contribution in [0.25, 0.3) is 11.1 Å². The zero-order valence-corrected chi connectivity index (χ0v) is 24.5. The molecule has 0 aromatic heterocycles. The summed E-state index contributed by atoms with van der Waals surface area (Å²) in [7, 11) is 1.76. The van der Waals surface area contributed by atoms with Gasteiger partial charge in [-0.05, 0) is 84.1 Å². The summed E-state index contributed by atoms with van der Waals surface area (Å²) >= 11 is 1.56. The van der Waals surface area contributed by atoms with Gasteiger partial charge in [0.15, 0.2) is 0 Å². The van der Waals surface area contributed by atoms with E-state index < -0.39 is 12.0 Å². The molecule has 0 bridgehead atoms. The summed E-state index contributed by atoms with van der Waals surface area (Å²) in [5.74, 6) is -0.165. The number of hydrogen-bond donors (Lipinski definition) is 2. The Morgan fingerprint density at radius 2 is 1.80 bits per heavy atom. The van der Waals surface area contributed by atoms with Gasteiger partial charge in [0.05, 0.1) is 6.61 Å². The topological polar surface area (TPSA) is 78.9 Å². The van der Waals surface area contributed by atoms with Crippen molar-refractivity contribution in [3.63, 3.8) is 0 Å². The van der Waals surface area contributed by atoms with Gasteiger partial charge in [0.1, 0.15) is 6.04 Å². The molecule has 6 nitrogen and oxygen atoms in total. The van der Waals surface area contributed by atoms with Crippen molar-refractivity contribution in [2.24, 2.45) is 5.92 Å². The Morgan fingerprint density at radius 3 is 2.50 bits per heavy atom. The number of carbonyl (C=O) groups excluding carboxylic acids is 1. The van der Waals surface area contributed by atoms with Gasteiger partial charge in [-0.2, -0.15) is 11.8 Å². The third-order valence-electron chi connectivity index (χ3n) is 7.70. The van der Waals surface area contributed by atoms with Crippen LogP contribution >= 0.6 is 11.8 Å². The molecule has 40 heavy (non-hydrogen) atoms. The molecule has 3 atom stereocenters. The number of carboxylic acids is 1. The normalized spacial score (nSPS) is 18.0. The lowest BCUT2D eigenvalue weighted by molar-refractivity contribution is -0.139. The number of nitrogens with one attached hydrogen (secondary N) is 1. The Balaban J connectivity index is 1.59. The van der Waals surface area contributed by atoms with Gasteiger partial charge in [-0.15, -0.1) is 0 Å². The molecule has 1 amide bonds. The third kappa shape index (κ3) is 7.74. The smallest absolute Gasteiger partial charge is 0.326 e. The predicted octanol–water partition coefficient (Wildman–Crippen LogP) is 5.68. The summed E-state index contributed by atoms with van der Waals surface area (Å²) in [6.07, 6.45) is 4.43. The minimum atomic E-state index is -1.01. The van der Waals surface area contributed by atoms with E-state index in [0.717, 1.165) is 48.2 Å². The van der Waals surface area contributed by atoms with E-state index >= 15 is 0 Å². The van der Waals surface area contributed by atoms with Gasteiger partial charge in [-0.3, -0.25) is 9.69 Å². The van der Waals surface area contributed by atoms with Gasteiger partial charge < -0.3 is 15.2 Å². The van der Waals surface area contributed by atoms with Crippen LogP contribution in [0.5, 0.6) is 0 Å². The number of carboxylic acid groups (broad SMARTS) is 1. The standard InChI is InChI=1S/C33H40N2O4S/c1-23-9-7-8-12-28(23)30-19-25(13-14-29(30)32(36)34-31(33(37)38)15-16-40-3)20-35-21-26(18-27(35)22-39-2)17-24-10-5-4-6-11-24/h4-14,19,26-27,31H,15-18,20-22H2,1-3H3,(H,34,36)(H,37,38)/t26-,27-,31-/m0/s1. The number of aliphatic carboxylic acids is 1. The second-order valence-corrected chi connectivity index (χ2v) is 11.7. The van der Waals surface area contributed by atoms with Crippen LogP contribution in [0.15, 0.2) is 72.8 Å². The molecular formula is C33H40N2O4S. The van der Waals surface area contributed by atoms with Crippen molar-refractivity contribution in [1.29, 1.82) is 0 Å². The number of benzene rings is 3. The number of ether oxygens (including phenoxy) is 1. The number of carbonyl (C=O) groups is 2. The SMILES string of the molecule is COC[C@@H]1C[C@H](Cc2ccccc2)CN1Cc1ccc(C(=O)N[C@@H](CCSC)C(=O)O)c(-c2ccccc2C)c1. The van der Waals surface area contributed by atoms with Gasteiger partial charge in [-0.25, -0.2) is 4.79 Å². The highest BCUT2D eigenvalue weighted by Gasteiger charge is 2.32. The average molecular weight is 561 g/mol. The fourth-order valence-electron chi connectivity index (χ4n) is 5.69. The molecule has 0 unspecified atom stereocenters. The van der Waals surface area contributed by atoms with E-state index in [0.29, 0.717) is 36.3 Å². The lowest BCUT2D eigenvalue weighted by Gasteiger charge is -2.24. The molecule has 1 heterocycles. The van der Waals surface area contributed by atoms with Gasteiger partial charge in [0.25, 0.3) is 5.91 Å². The van der Waals surface area contributed by atoms with Crippen LogP contribution < -0.4 is 5.32 Å². The van der Waals surface area contributed by atoms with Crippen molar-refractivity contribution in [1.82, 2.24) is 10.2 Å². The second-order valence-electron chi connectivity index (χ2n) is 10.7. The molecule has 0 saturated carbocycles. The van der Waals surface area contributed by atoms with Crippen molar-refractivity contribution in [3.05, 3.63) is 95.1 Å². The van der Waals surface area contributed by atoms with Crippen LogP contribution in [0.4, 0.5) is 0 Å². The summed E-state index contributed by atoms with van der Waals surface area (Å²) in [6.45, 7) is 4.46. The van der Waals surface area contributed by atoms with Crippen LogP contribution in [0.2, 0.25) is 0 Å². The van der Waals surface area contributed by atoms with Gasteiger partial charge in [0, 0.05) is 31.8 Å². The molecule has 4 rings (SSSR count). The highest BCUT2D eigenvalue weighted by molar-refractivity contribution is 7.98. The number of amides is 1. The van der Waals surface area contributed by atoms with Crippen LogP contribution in [-0.4, -0.2) is 66.2 Å². The fraction of sp³-hybridized carbons (Fsp3) is 0.394. The Morgan fingerprint density at radius 1 is 1.05 bits per heavy atom. The first-order chi connectivity index (χ1) is 19.4. The van der Waals surface area contributed by atoms with Crippen molar-refractivity contribution in [2.75, 3.05) is 32.3 Å². The maximum atomic E-state index is 13.4. The van der Waals surface area contributed by atoms with E-state index in [1.54, 1.807) is 18.9 Å². The molecular weight excluding hydrogens is 520 g/mol. The summed E-state index contributed by atoms with van der Waals surface area (Å²) in [4.78, 5) is 27.7. The maximum Gasteiger partial charge on any atom is 0.326 e. The molecule has 1 aliphatic heterocycles. The first-order valence-corrected chi connectivity index (χ1v) is 15.3. The first kappa shape index (κ1) is 29.8. The summed E-state index contributed by atoms with van der Waals surface area (Å²) in [5, 5.41) is 12.4. The minimum Gasteiger partial charge on any atom is -0.480 e. The Labute approximate surface area is 242 Å². The molecule has 2 N–H and O–H groups in total. The number of rotatable bonds is 13. The van der Waals surface area contributed by atoms with E-state index in [2.05, 4.69) is 46.6 Å². The quantitative estimate of drug-likeness (QED) is 0.280. The monoisotopic (exact) mass is 560 g/mol. The van der Waals surface area contributed by atoms with Crippen molar-refractivity contribution in [3.8, 4) is 11.1 Å². The van der Waals surface area contributed by atoms with Crippen LogP contribution in [0.3, 0.4) is 0 Å². The van der Waals surface area contributed by atoms with Gasteiger partial charge >= 0.3 is 5.97 Å². The zero-order valence-electron chi connectivity index (χ0n) is 23.6. The third-order valence-corrected chi connectivity index (χ3v) is 8.35. The number of likely N-dealkylation sites (tertiary alicyclic amines) is 1. The Kier molecular flexibility index (Phi) is 10.8. The maximum absolute atomic E-state index is 13.4. The second kappa shape index (κ2) is 14.5. The number of methoxy groups -OCH3 is 1. The summed E-state index contributed by atoms with van der Waals surface area (Å²) < 4.78 is 5.59. The van der Waals surface area contributed by atoms with Crippen LogP contribution in [0, 0.1) is 12.8 Å². The molecule has 1 saturated heterocycles. The Hall–Kier alpha value is -3.13. The molecule has 0 radical (unpaired) electrons. The molecule has 1 fully saturated rings. The molecule has 3 aromatic carbocycles. The van der Waals surface area contributed by atoms with Crippen molar-refractivity contribution in [2.45, 2.75) is 44.8 Å². The highest BCUT2D eigenvalue weighted by Crippen LogP contribution is 2.32. The molecule has 1 aliphatic rings. The number of nitrogens with zero attached hydrogens (tertiary/aromatic N) is 1. The number of hydrogen-bond acceptors (Lipinski definition) is 5. The lowest BCUT2D eigenvalue weighted by Crippen LogP contribution is -2.41. The lowest BCUT2D eigenvalue weighted by atomic mass is 9.93. The number of aryl methyl sites for hydroxylation is 1. The van der Waals surface area contributed by atoms with E-state index in [-0.39, 0.29) is 5.91 Å². The largest absolute Gasteiger partial charge is 0.480 e. The molecule has 3 aromatic rings. The summed E-state index contributed by atoms with van der Waals surface area (Å²) in [5.41, 5.74) is 5.83. The highest BCUT2D eigenvalue weighted by atomic mass is 32.2. The van der Waals surface area contributed by atoms with E-state index in [9.17, 15) is 14.7 Å². The average Bonchev–Trinajstić information content (AvgIpc) is 3.31. The first-order valence-electron chi connectivity index (χ1n) is 13.9. The van der Waals surface area contributed by atoms with E-state index in [1.165, 1.54) is 5.56 Å².